The summed E-state index contributed by atoms with van der Waals surface area (Å²) < 4.78 is 36.9. The number of hydrogen-bond acceptors (Lipinski definition) is 4. The number of ether oxygens (including phenoxy) is 2. The van der Waals surface area contributed by atoms with Crippen LogP contribution < -0.4 is 0 Å². The van der Waals surface area contributed by atoms with Gasteiger partial charge in [-0.3, -0.25) is 4.79 Å². The zero-order valence-corrected chi connectivity index (χ0v) is 11.1. The average molecular weight is 296 g/mol. The molecule has 0 aliphatic carbocycles. The van der Waals surface area contributed by atoms with Crippen molar-refractivity contribution in [3.05, 3.63) is 57.3 Å². The van der Waals surface area contributed by atoms with Crippen molar-refractivity contribution < 1.29 is 23.0 Å². The number of carbonyl (C=O) groups is 1. The maximum absolute atomic E-state index is 13.1. The summed E-state index contributed by atoms with van der Waals surface area (Å²) in [4.78, 5) is 13.3. The highest BCUT2D eigenvalue weighted by Gasteiger charge is 2.22. The Hall–Kier alpha value is -1.63. The van der Waals surface area contributed by atoms with Crippen LogP contribution in [0.5, 0.6) is 0 Å². The van der Waals surface area contributed by atoms with E-state index in [9.17, 15) is 13.6 Å². The first-order chi connectivity index (χ1) is 9.63. The van der Waals surface area contributed by atoms with E-state index in [0.29, 0.717) is 18.1 Å². The Kier molecular flexibility index (Phi) is 3.60. The molecule has 6 heteroatoms. The fourth-order valence-corrected chi connectivity index (χ4v) is 2.92. The molecule has 0 amide bonds. The van der Waals surface area contributed by atoms with Gasteiger partial charge < -0.3 is 9.47 Å². The van der Waals surface area contributed by atoms with Crippen LogP contribution in [-0.4, -0.2) is 19.0 Å². The summed E-state index contributed by atoms with van der Waals surface area (Å²) in [6.07, 6.45) is -0.453. The van der Waals surface area contributed by atoms with Crippen molar-refractivity contribution in [2.75, 3.05) is 13.2 Å². The van der Waals surface area contributed by atoms with Crippen LogP contribution >= 0.6 is 11.3 Å². The Morgan fingerprint density at radius 3 is 2.40 bits per heavy atom. The van der Waals surface area contributed by atoms with E-state index in [0.717, 1.165) is 23.1 Å². The number of benzene rings is 1. The lowest BCUT2D eigenvalue weighted by Crippen LogP contribution is -2.00. The second kappa shape index (κ2) is 5.40. The van der Waals surface area contributed by atoms with Gasteiger partial charge in [-0.15, -0.1) is 11.3 Å². The molecule has 2 aromatic rings. The van der Waals surface area contributed by atoms with Gasteiger partial charge in [0.25, 0.3) is 0 Å². The maximum atomic E-state index is 13.1. The number of hydrogen-bond donors (Lipinski definition) is 0. The molecule has 0 atom stereocenters. The topological polar surface area (TPSA) is 35.5 Å². The van der Waals surface area contributed by atoms with Crippen LogP contribution in [0.2, 0.25) is 0 Å². The number of rotatable bonds is 3. The van der Waals surface area contributed by atoms with Crippen molar-refractivity contribution in [2.45, 2.75) is 6.29 Å². The summed E-state index contributed by atoms with van der Waals surface area (Å²) >= 11 is 1.20. The lowest BCUT2D eigenvalue weighted by Gasteiger charge is -2.04. The first-order valence-electron chi connectivity index (χ1n) is 5.97. The Morgan fingerprint density at radius 2 is 1.75 bits per heavy atom. The molecule has 0 radical (unpaired) electrons. The van der Waals surface area contributed by atoms with E-state index in [1.165, 1.54) is 11.3 Å². The summed E-state index contributed by atoms with van der Waals surface area (Å²) in [6, 6.07) is 6.11. The molecule has 3 rings (SSSR count). The smallest absolute Gasteiger partial charge is 0.203 e. The molecule has 1 fully saturated rings. The predicted octanol–water partition coefficient (Wildman–Crippen LogP) is 3.30. The lowest BCUT2D eigenvalue weighted by atomic mass is 10.1. The van der Waals surface area contributed by atoms with Gasteiger partial charge in [0.15, 0.2) is 6.29 Å². The van der Waals surface area contributed by atoms with Crippen molar-refractivity contribution in [2.24, 2.45) is 0 Å². The van der Waals surface area contributed by atoms with E-state index in [-0.39, 0.29) is 5.56 Å². The molecule has 1 aliphatic rings. The quantitative estimate of drug-likeness (QED) is 0.815. The number of halogens is 2. The normalized spacial score (nSPS) is 15.7. The summed E-state index contributed by atoms with van der Waals surface area (Å²) in [5.41, 5.74) is -0.0100. The average Bonchev–Trinajstić information content (AvgIpc) is 3.07. The third-order valence-electron chi connectivity index (χ3n) is 2.83. The van der Waals surface area contributed by atoms with Gasteiger partial charge in [0.2, 0.25) is 5.78 Å². The van der Waals surface area contributed by atoms with Crippen LogP contribution in [0, 0.1) is 11.6 Å². The Morgan fingerprint density at radius 1 is 1.10 bits per heavy atom. The second-order valence-corrected chi connectivity index (χ2v) is 5.38. The van der Waals surface area contributed by atoms with Crippen LogP contribution in [0.3, 0.4) is 0 Å². The molecule has 1 aromatic carbocycles. The Labute approximate surface area is 117 Å². The summed E-state index contributed by atoms with van der Waals surface area (Å²) in [6.45, 7) is 1.03. The van der Waals surface area contributed by atoms with Crippen LogP contribution in [0.1, 0.15) is 26.4 Å². The molecule has 20 heavy (non-hydrogen) atoms. The van der Waals surface area contributed by atoms with Gasteiger partial charge in [0.05, 0.1) is 23.0 Å². The third-order valence-corrected chi connectivity index (χ3v) is 3.94. The van der Waals surface area contributed by atoms with E-state index in [4.69, 9.17) is 9.47 Å². The van der Waals surface area contributed by atoms with Gasteiger partial charge in [0.1, 0.15) is 11.6 Å². The largest absolute Gasteiger partial charge is 0.345 e. The Balaban J connectivity index is 1.86. The first kappa shape index (κ1) is 13.4. The summed E-state index contributed by atoms with van der Waals surface area (Å²) in [5, 5.41) is 0. The first-order valence-corrected chi connectivity index (χ1v) is 6.79. The van der Waals surface area contributed by atoms with Crippen molar-refractivity contribution in [3.8, 4) is 0 Å². The molecule has 0 spiro atoms. The van der Waals surface area contributed by atoms with E-state index >= 15 is 0 Å². The molecular weight excluding hydrogens is 286 g/mol. The monoisotopic (exact) mass is 296 g/mol. The standard InChI is InChI=1S/C14H10F2O3S/c15-9-5-8(6-10(16)7-9)13(17)11-1-2-12(20-11)14-18-3-4-19-14/h1-2,5-7,14H,3-4H2. The van der Waals surface area contributed by atoms with Crippen molar-refractivity contribution in [1.29, 1.82) is 0 Å². The SMILES string of the molecule is O=C(c1cc(F)cc(F)c1)c1ccc(C2OCCO2)s1. The highest BCUT2D eigenvalue weighted by molar-refractivity contribution is 7.14. The fourth-order valence-electron chi connectivity index (χ4n) is 1.95. The zero-order chi connectivity index (χ0) is 14.1. The van der Waals surface area contributed by atoms with Crippen LogP contribution in [0.25, 0.3) is 0 Å². The maximum Gasteiger partial charge on any atom is 0.203 e. The summed E-state index contributed by atoms with van der Waals surface area (Å²) in [5.74, 6) is -1.96. The van der Waals surface area contributed by atoms with Crippen LogP contribution in [0.15, 0.2) is 30.3 Å². The second-order valence-electron chi connectivity index (χ2n) is 4.26. The van der Waals surface area contributed by atoms with Gasteiger partial charge in [-0.05, 0) is 24.3 Å². The van der Waals surface area contributed by atoms with Gasteiger partial charge >= 0.3 is 0 Å². The fraction of sp³-hybridized carbons (Fsp3) is 0.214. The molecule has 1 aromatic heterocycles. The highest BCUT2D eigenvalue weighted by Crippen LogP contribution is 2.30. The molecule has 0 unspecified atom stereocenters. The molecule has 1 saturated heterocycles. The molecule has 104 valence electrons. The molecule has 0 saturated carbocycles. The summed E-state index contributed by atoms with van der Waals surface area (Å²) in [7, 11) is 0. The lowest BCUT2D eigenvalue weighted by molar-refractivity contribution is -0.0413. The third kappa shape index (κ3) is 2.63. The number of carbonyl (C=O) groups excluding carboxylic acids is 1. The Bertz CT molecular complexity index is 627. The zero-order valence-electron chi connectivity index (χ0n) is 10.3. The molecule has 1 aliphatic heterocycles. The number of thiophene rings is 1. The molecule has 0 N–H and O–H groups in total. The molecule has 2 heterocycles. The van der Waals surface area contributed by atoms with Gasteiger partial charge in [-0.1, -0.05) is 0 Å². The molecule has 0 bridgehead atoms. The minimum Gasteiger partial charge on any atom is -0.345 e. The van der Waals surface area contributed by atoms with Crippen molar-refractivity contribution in [1.82, 2.24) is 0 Å². The van der Waals surface area contributed by atoms with Crippen molar-refractivity contribution in [3.63, 3.8) is 0 Å². The molecule has 3 nitrogen and oxygen atoms in total. The van der Waals surface area contributed by atoms with E-state index in [1.807, 2.05) is 0 Å². The van der Waals surface area contributed by atoms with Gasteiger partial charge in [-0.25, -0.2) is 8.78 Å². The van der Waals surface area contributed by atoms with E-state index < -0.39 is 23.7 Å². The van der Waals surface area contributed by atoms with Crippen LogP contribution in [-0.2, 0) is 9.47 Å². The minimum atomic E-state index is -0.771. The van der Waals surface area contributed by atoms with Gasteiger partial charge in [0, 0.05) is 11.6 Å². The van der Waals surface area contributed by atoms with Gasteiger partial charge in [-0.2, -0.15) is 0 Å². The highest BCUT2D eigenvalue weighted by atomic mass is 32.1. The van der Waals surface area contributed by atoms with Crippen molar-refractivity contribution >= 4 is 17.1 Å². The van der Waals surface area contributed by atoms with E-state index in [2.05, 4.69) is 0 Å². The number of ketones is 1. The van der Waals surface area contributed by atoms with E-state index in [1.54, 1.807) is 12.1 Å². The minimum absolute atomic E-state index is 0.0100. The van der Waals surface area contributed by atoms with Crippen LogP contribution in [0.4, 0.5) is 8.78 Å². The predicted molar refractivity (Wildman–Crippen MR) is 68.8 cm³/mol. The molecular formula is C14H10F2O3S.